The van der Waals surface area contributed by atoms with E-state index in [4.69, 9.17) is 38.4 Å². The summed E-state index contributed by atoms with van der Waals surface area (Å²) in [6.45, 7) is 0.507. The van der Waals surface area contributed by atoms with Gasteiger partial charge in [0.05, 0.1) is 24.3 Å². The lowest BCUT2D eigenvalue weighted by Gasteiger charge is -2.18. The Morgan fingerprint density at radius 1 is 1.00 bits per heavy atom. The quantitative estimate of drug-likeness (QED) is 0.853. The summed E-state index contributed by atoms with van der Waals surface area (Å²) in [5, 5.41) is 1.09. The molecule has 22 heavy (non-hydrogen) atoms. The first-order valence-electron chi connectivity index (χ1n) is 6.95. The van der Waals surface area contributed by atoms with Gasteiger partial charge in [0, 0.05) is 12.0 Å². The molecule has 0 amide bonds. The number of benzene rings is 2. The molecule has 0 aliphatic rings. The monoisotopic (exact) mass is 339 g/mol. The Hall–Kier alpha value is -1.42. The Labute approximate surface area is 140 Å². The Morgan fingerprint density at radius 3 is 2.36 bits per heavy atom. The second-order valence-corrected chi connectivity index (χ2v) is 5.80. The van der Waals surface area contributed by atoms with Crippen LogP contribution in [0.5, 0.6) is 11.5 Å². The third-order valence-electron chi connectivity index (χ3n) is 3.66. The molecule has 2 aromatic carbocycles. The fraction of sp³-hybridized carbons (Fsp3) is 0.294. The van der Waals surface area contributed by atoms with Crippen molar-refractivity contribution in [1.82, 2.24) is 0 Å². The van der Waals surface area contributed by atoms with Crippen LogP contribution >= 0.6 is 23.2 Å². The summed E-state index contributed by atoms with van der Waals surface area (Å²) in [6, 6.07) is 11.4. The van der Waals surface area contributed by atoms with E-state index in [0.717, 1.165) is 29.0 Å². The minimum absolute atomic E-state index is 0.136. The Balaban J connectivity index is 2.28. The van der Waals surface area contributed by atoms with E-state index < -0.39 is 0 Å². The maximum atomic E-state index is 6.10. The normalized spacial score (nSPS) is 12.0. The highest BCUT2D eigenvalue weighted by atomic mass is 35.5. The van der Waals surface area contributed by atoms with Crippen molar-refractivity contribution < 1.29 is 9.47 Å². The standard InChI is InChI=1S/C17H19Cl2NO2/c1-21-14-5-3-12(17(9-14)22-2)7-13(10-20)11-4-6-15(18)16(19)8-11/h3-6,8-9,13H,7,10,20H2,1-2H3. The van der Waals surface area contributed by atoms with Crippen molar-refractivity contribution in [3.05, 3.63) is 57.6 Å². The maximum absolute atomic E-state index is 6.10. The van der Waals surface area contributed by atoms with Gasteiger partial charge in [0.25, 0.3) is 0 Å². The van der Waals surface area contributed by atoms with Crippen molar-refractivity contribution in [1.29, 1.82) is 0 Å². The topological polar surface area (TPSA) is 44.5 Å². The molecular formula is C17H19Cl2NO2. The number of rotatable bonds is 6. The Morgan fingerprint density at radius 2 is 1.77 bits per heavy atom. The summed E-state index contributed by atoms with van der Waals surface area (Å²) in [6.07, 6.45) is 0.752. The molecule has 0 heterocycles. The first kappa shape index (κ1) is 16.9. The second-order valence-electron chi connectivity index (χ2n) is 4.99. The van der Waals surface area contributed by atoms with Crippen molar-refractivity contribution in [3.8, 4) is 11.5 Å². The SMILES string of the molecule is COc1ccc(CC(CN)c2ccc(Cl)c(Cl)c2)c(OC)c1. The van der Waals surface area contributed by atoms with Gasteiger partial charge in [0.2, 0.25) is 0 Å². The van der Waals surface area contributed by atoms with Crippen molar-refractivity contribution in [2.24, 2.45) is 5.73 Å². The van der Waals surface area contributed by atoms with Crippen LogP contribution in [0.3, 0.4) is 0 Å². The highest BCUT2D eigenvalue weighted by Gasteiger charge is 2.15. The van der Waals surface area contributed by atoms with Gasteiger partial charge < -0.3 is 15.2 Å². The highest BCUT2D eigenvalue weighted by Crippen LogP contribution is 2.31. The fourth-order valence-corrected chi connectivity index (χ4v) is 2.70. The fourth-order valence-electron chi connectivity index (χ4n) is 2.39. The molecule has 3 nitrogen and oxygen atoms in total. The van der Waals surface area contributed by atoms with Gasteiger partial charge in [-0.1, -0.05) is 35.3 Å². The van der Waals surface area contributed by atoms with E-state index in [9.17, 15) is 0 Å². The molecular weight excluding hydrogens is 321 g/mol. The van der Waals surface area contributed by atoms with Gasteiger partial charge in [-0.15, -0.1) is 0 Å². The summed E-state index contributed by atoms with van der Waals surface area (Å²) in [4.78, 5) is 0. The molecule has 118 valence electrons. The van der Waals surface area contributed by atoms with Crippen LogP contribution in [0, 0.1) is 0 Å². The summed E-state index contributed by atoms with van der Waals surface area (Å²) < 4.78 is 10.7. The van der Waals surface area contributed by atoms with Gasteiger partial charge in [-0.25, -0.2) is 0 Å². The van der Waals surface area contributed by atoms with Gasteiger partial charge in [-0.05, 0) is 42.3 Å². The minimum Gasteiger partial charge on any atom is -0.497 e. The van der Waals surface area contributed by atoms with Crippen molar-refractivity contribution in [2.45, 2.75) is 12.3 Å². The maximum Gasteiger partial charge on any atom is 0.125 e. The zero-order valence-electron chi connectivity index (χ0n) is 12.6. The average molecular weight is 340 g/mol. The summed E-state index contributed by atoms with van der Waals surface area (Å²) >= 11 is 12.1. The largest absolute Gasteiger partial charge is 0.497 e. The van der Waals surface area contributed by atoms with Crippen LogP contribution in [0.2, 0.25) is 10.0 Å². The van der Waals surface area contributed by atoms with Crippen LogP contribution in [0.15, 0.2) is 36.4 Å². The van der Waals surface area contributed by atoms with E-state index in [1.165, 1.54) is 0 Å². The third-order valence-corrected chi connectivity index (χ3v) is 4.40. The van der Waals surface area contributed by atoms with Gasteiger partial charge in [-0.3, -0.25) is 0 Å². The van der Waals surface area contributed by atoms with Crippen LogP contribution in [-0.4, -0.2) is 20.8 Å². The van der Waals surface area contributed by atoms with Gasteiger partial charge in [0.1, 0.15) is 11.5 Å². The number of halogens is 2. The molecule has 2 N–H and O–H groups in total. The molecule has 1 atom stereocenters. The van der Waals surface area contributed by atoms with Crippen LogP contribution in [-0.2, 0) is 6.42 Å². The zero-order chi connectivity index (χ0) is 16.1. The van der Waals surface area contributed by atoms with Gasteiger partial charge >= 0.3 is 0 Å². The van der Waals surface area contributed by atoms with E-state index in [2.05, 4.69) is 0 Å². The van der Waals surface area contributed by atoms with Gasteiger partial charge in [0.15, 0.2) is 0 Å². The van der Waals surface area contributed by atoms with E-state index in [-0.39, 0.29) is 5.92 Å². The molecule has 2 aromatic rings. The lowest BCUT2D eigenvalue weighted by molar-refractivity contribution is 0.390. The Kier molecular flexibility index (Phi) is 5.95. The number of nitrogens with two attached hydrogens (primary N) is 1. The number of methoxy groups -OCH3 is 2. The lowest BCUT2D eigenvalue weighted by atomic mass is 9.91. The van der Waals surface area contributed by atoms with Crippen LogP contribution in [0.1, 0.15) is 17.0 Å². The molecule has 0 saturated heterocycles. The van der Waals surface area contributed by atoms with E-state index in [0.29, 0.717) is 16.6 Å². The number of hydrogen-bond acceptors (Lipinski definition) is 3. The first-order valence-corrected chi connectivity index (χ1v) is 7.70. The summed E-state index contributed by atoms with van der Waals surface area (Å²) in [7, 11) is 3.28. The Bertz CT molecular complexity index is 647. The molecule has 0 aliphatic carbocycles. The molecule has 0 radical (unpaired) electrons. The number of ether oxygens (including phenoxy) is 2. The van der Waals surface area contributed by atoms with Crippen molar-refractivity contribution in [2.75, 3.05) is 20.8 Å². The predicted molar refractivity (Wildman–Crippen MR) is 91.5 cm³/mol. The molecule has 2 rings (SSSR count). The third kappa shape index (κ3) is 3.86. The predicted octanol–water partition coefficient (Wildman–Crippen LogP) is 4.30. The highest BCUT2D eigenvalue weighted by molar-refractivity contribution is 6.42. The zero-order valence-corrected chi connectivity index (χ0v) is 14.1. The average Bonchev–Trinajstić information content (AvgIpc) is 2.55. The molecule has 0 fully saturated rings. The van der Waals surface area contributed by atoms with E-state index in [1.54, 1.807) is 20.3 Å². The molecule has 0 aromatic heterocycles. The van der Waals surface area contributed by atoms with Gasteiger partial charge in [-0.2, -0.15) is 0 Å². The molecule has 0 aliphatic heterocycles. The molecule has 0 saturated carbocycles. The molecule has 0 spiro atoms. The minimum atomic E-state index is 0.136. The second kappa shape index (κ2) is 7.73. The molecule has 1 unspecified atom stereocenters. The van der Waals surface area contributed by atoms with Crippen molar-refractivity contribution in [3.63, 3.8) is 0 Å². The summed E-state index contributed by atoms with van der Waals surface area (Å²) in [5.41, 5.74) is 8.09. The van der Waals surface area contributed by atoms with Crippen LogP contribution in [0.25, 0.3) is 0 Å². The summed E-state index contributed by atoms with van der Waals surface area (Å²) in [5.74, 6) is 1.69. The smallest absolute Gasteiger partial charge is 0.125 e. The van der Waals surface area contributed by atoms with Crippen LogP contribution < -0.4 is 15.2 Å². The van der Waals surface area contributed by atoms with E-state index >= 15 is 0 Å². The first-order chi connectivity index (χ1) is 10.6. The van der Waals surface area contributed by atoms with E-state index in [1.807, 2.05) is 30.3 Å². The number of hydrogen-bond donors (Lipinski definition) is 1. The van der Waals surface area contributed by atoms with Crippen molar-refractivity contribution >= 4 is 23.2 Å². The molecule has 5 heteroatoms. The van der Waals surface area contributed by atoms with Crippen LogP contribution in [0.4, 0.5) is 0 Å². The lowest BCUT2D eigenvalue weighted by Crippen LogP contribution is -2.15. The molecule has 0 bridgehead atoms.